The molecule has 0 heterocycles. The molecule has 1 amide bonds. The molecule has 0 aliphatic heterocycles. The molecule has 21 heavy (non-hydrogen) atoms. The number of thiocarbonyl (C=S) groups is 1. The fourth-order valence-corrected chi connectivity index (χ4v) is 2.20. The van der Waals surface area contributed by atoms with Crippen molar-refractivity contribution in [1.29, 1.82) is 0 Å². The Morgan fingerprint density at radius 2 is 1.95 bits per heavy atom. The van der Waals surface area contributed by atoms with Crippen molar-refractivity contribution in [2.24, 2.45) is 5.73 Å². The molecule has 3 N–H and O–H groups in total. The zero-order chi connectivity index (χ0) is 15.4. The predicted molar refractivity (Wildman–Crippen MR) is 88.3 cm³/mol. The van der Waals surface area contributed by atoms with Crippen molar-refractivity contribution in [3.8, 4) is 5.75 Å². The summed E-state index contributed by atoms with van der Waals surface area (Å²) in [4.78, 5) is 12.6. The van der Waals surface area contributed by atoms with Gasteiger partial charge in [0.25, 0.3) is 5.91 Å². The van der Waals surface area contributed by atoms with Crippen LogP contribution in [0.1, 0.15) is 15.9 Å². The van der Waals surface area contributed by atoms with Crippen molar-refractivity contribution in [1.82, 2.24) is 0 Å². The first kappa shape index (κ1) is 15.3. The average molecular weight is 321 g/mol. The fourth-order valence-electron chi connectivity index (χ4n) is 1.85. The zero-order valence-corrected chi connectivity index (χ0v) is 12.8. The van der Waals surface area contributed by atoms with Crippen LogP contribution in [0, 0.1) is 0 Å². The lowest BCUT2D eigenvalue weighted by Crippen LogP contribution is -2.18. The minimum Gasteiger partial charge on any atom is -0.496 e. The summed E-state index contributed by atoms with van der Waals surface area (Å²) in [6.45, 7) is 0. The van der Waals surface area contributed by atoms with Crippen molar-refractivity contribution in [2.45, 2.75) is 0 Å². The van der Waals surface area contributed by atoms with E-state index in [4.69, 9.17) is 34.3 Å². The Bertz CT molecular complexity index is 704. The monoisotopic (exact) mass is 320 g/mol. The number of nitrogens with one attached hydrogen (secondary N) is 1. The van der Waals surface area contributed by atoms with Crippen LogP contribution in [-0.4, -0.2) is 18.0 Å². The summed E-state index contributed by atoms with van der Waals surface area (Å²) >= 11 is 10.9. The number of hydrogen-bond donors (Lipinski definition) is 2. The van der Waals surface area contributed by atoms with Crippen LogP contribution >= 0.6 is 23.8 Å². The van der Waals surface area contributed by atoms with Gasteiger partial charge >= 0.3 is 0 Å². The van der Waals surface area contributed by atoms with Crippen molar-refractivity contribution in [2.75, 3.05) is 12.4 Å². The molecule has 6 heteroatoms. The van der Waals surface area contributed by atoms with Crippen LogP contribution in [0.2, 0.25) is 5.02 Å². The van der Waals surface area contributed by atoms with Gasteiger partial charge in [0, 0.05) is 10.6 Å². The number of anilines is 1. The van der Waals surface area contributed by atoms with Crippen LogP contribution in [0.5, 0.6) is 5.75 Å². The van der Waals surface area contributed by atoms with Crippen LogP contribution < -0.4 is 15.8 Å². The summed E-state index contributed by atoms with van der Waals surface area (Å²) in [7, 11) is 1.49. The number of ether oxygens (including phenoxy) is 1. The Morgan fingerprint density at radius 3 is 2.62 bits per heavy atom. The second-order valence-corrected chi connectivity index (χ2v) is 5.08. The Balaban J connectivity index is 2.35. The molecule has 4 nitrogen and oxygen atoms in total. The van der Waals surface area contributed by atoms with E-state index in [0.29, 0.717) is 27.6 Å². The topological polar surface area (TPSA) is 64.3 Å². The molecule has 2 aromatic rings. The Hall–Kier alpha value is -2.11. The van der Waals surface area contributed by atoms with E-state index in [1.807, 2.05) is 0 Å². The average Bonchev–Trinajstić information content (AvgIpc) is 2.47. The van der Waals surface area contributed by atoms with Crippen molar-refractivity contribution in [3.05, 3.63) is 58.6 Å². The van der Waals surface area contributed by atoms with Crippen LogP contribution in [-0.2, 0) is 0 Å². The van der Waals surface area contributed by atoms with E-state index in [1.54, 1.807) is 42.5 Å². The highest BCUT2D eigenvalue weighted by Crippen LogP contribution is 2.24. The van der Waals surface area contributed by atoms with Crippen LogP contribution in [0.4, 0.5) is 5.69 Å². The van der Waals surface area contributed by atoms with Crippen LogP contribution in [0.15, 0.2) is 42.5 Å². The van der Waals surface area contributed by atoms with Crippen molar-refractivity contribution in [3.63, 3.8) is 0 Å². The van der Waals surface area contributed by atoms with Gasteiger partial charge in [0.05, 0.1) is 18.4 Å². The number of carbonyl (C=O) groups is 1. The van der Waals surface area contributed by atoms with Gasteiger partial charge in [-0.05, 0) is 30.3 Å². The third-order valence-corrected chi connectivity index (χ3v) is 3.30. The van der Waals surface area contributed by atoms with Gasteiger partial charge in [0.15, 0.2) is 0 Å². The zero-order valence-electron chi connectivity index (χ0n) is 11.2. The molecule has 0 atom stereocenters. The molecular weight excluding hydrogens is 308 g/mol. The smallest absolute Gasteiger partial charge is 0.259 e. The van der Waals surface area contributed by atoms with Gasteiger partial charge in [-0.2, -0.15) is 0 Å². The maximum Gasteiger partial charge on any atom is 0.259 e. The lowest BCUT2D eigenvalue weighted by Gasteiger charge is -2.12. The summed E-state index contributed by atoms with van der Waals surface area (Å²) in [6.07, 6.45) is 0. The summed E-state index contributed by atoms with van der Waals surface area (Å²) in [5.41, 5.74) is 7.12. The van der Waals surface area contributed by atoms with Gasteiger partial charge in [-0.1, -0.05) is 36.0 Å². The lowest BCUT2D eigenvalue weighted by molar-refractivity contribution is 0.102. The van der Waals surface area contributed by atoms with E-state index in [-0.39, 0.29) is 10.9 Å². The molecule has 108 valence electrons. The van der Waals surface area contributed by atoms with Gasteiger partial charge in [-0.25, -0.2) is 0 Å². The van der Waals surface area contributed by atoms with E-state index in [2.05, 4.69) is 5.32 Å². The highest BCUT2D eigenvalue weighted by Gasteiger charge is 2.15. The quantitative estimate of drug-likeness (QED) is 0.849. The lowest BCUT2D eigenvalue weighted by atomic mass is 10.1. The van der Waals surface area contributed by atoms with E-state index >= 15 is 0 Å². The summed E-state index contributed by atoms with van der Waals surface area (Å²) in [5, 5.41) is 3.21. The Labute approximate surface area is 132 Å². The number of rotatable bonds is 4. The first-order chi connectivity index (χ1) is 10.0. The largest absolute Gasteiger partial charge is 0.496 e. The maximum absolute atomic E-state index is 12.4. The van der Waals surface area contributed by atoms with E-state index in [0.717, 1.165) is 0 Å². The SMILES string of the molecule is COc1ccc(Cl)cc1C(=O)Nc1ccccc1C(N)=S. The summed E-state index contributed by atoms with van der Waals surface area (Å²) < 4.78 is 5.17. The van der Waals surface area contributed by atoms with Crippen molar-refractivity contribution >= 4 is 40.4 Å². The first-order valence-corrected chi connectivity index (χ1v) is 6.85. The molecule has 0 saturated carbocycles. The number of benzene rings is 2. The highest BCUT2D eigenvalue weighted by atomic mass is 35.5. The molecular formula is C15H13ClN2O2S. The first-order valence-electron chi connectivity index (χ1n) is 6.06. The van der Waals surface area contributed by atoms with Crippen molar-refractivity contribution < 1.29 is 9.53 Å². The number of amides is 1. The number of halogens is 1. The van der Waals surface area contributed by atoms with Gasteiger partial charge in [0.1, 0.15) is 10.7 Å². The van der Waals surface area contributed by atoms with Crippen LogP contribution in [0.3, 0.4) is 0 Å². The second kappa shape index (κ2) is 6.56. The number of para-hydroxylation sites is 1. The van der Waals surface area contributed by atoms with E-state index in [9.17, 15) is 4.79 Å². The molecule has 0 saturated heterocycles. The summed E-state index contributed by atoms with van der Waals surface area (Å²) in [5.74, 6) is 0.0859. The standard InChI is InChI=1S/C15H13ClN2O2S/c1-20-13-7-6-9(16)8-11(13)15(19)18-12-5-3-2-4-10(12)14(17)21/h2-8H,1H3,(H2,17,21)(H,18,19). The number of hydrogen-bond acceptors (Lipinski definition) is 3. The van der Waals surface area contributed by atoms with E-state index < -0.39 is 0 Å². The molecule has 0 fully saturated rings. The molecule has 0 aliphatic carbocycles. The number of nitrogens with two attached hydrogens (primary N) is 1. The van der Waals surface area contributed by atoms with Gasteiger partial charge < -0.3 is 15.8 Å². The predicted octanol–water partition coefficient (Wildman–Crippen LogP) is 3.24. The molecule has 0 aromatic heterocycles. The van der Waals surface area contributed by atoms with Gasteiger partial charge in [-0.15, -0.1) is 0 Å². The fraction of sp³-hybridized carbons (Fsp3) is 0.0667. The molecule has 0 aliphatic rings. The number of methoxy groups -OCH3 is 1. The highest BCUT2D eigenvalue weighted by molar-refractivity contribution is 7.80. The molecule has 0 spiro atoms. The molecule has 2 aromatic carbocycles. The van der Waals surface area contributed by atoms with Gasteiger partial charge in [0.2, 0.25) is 0 Å². The second-order valence-electron chi connectivity index (χ2n) is 4.21. The molecule has 0 unspecified atom stereocenters. The third-order valence-electron chi connectivity index (χ3n) is 2.85. The normalized spacial score (nSPS) is 10.0. The molecule has 0 radical (unpaired) electrons. The summed E-state index contributed by atoms with van der Waals surface area (Å²) in [6, 6.07) is 11.9. The third kappa shape index (κ3) is 3.51. The minimum atomic E-state index is -0.349. The Morgan fingerprint density at radius 1 is 1.24 bits per heavy atom. The van der Waals surface area contributed by atoms with Crippen LogP contribution in [0.25, 0.3) is 0 Å². The molecule has 0 bridgehead atoms. The molecule has 2 rings (SSSR count). The Kier molecular flexibility index (Phi) is 4.77. The van der Waals surface area contributed by atoms with E-state index in [1.165, 1.54) is 7.11 Å². The minimum absolute atomic E-state index is 0.212. The number of carbonyl (C=O) groups excluding carboxylic acids is 1. The van der Waals surface area contributed by atoms with Gasteiger partial charge in [-0.3, -0.25) is 4.79 Å². The maximum atomic E-state index is 12.4.